The number of nitrogens with one attached hydrogen (secondary N) is 2. The SMILES string of the molecule is CS(=O)(=O)NCCCNC(=O)N1CCOC(CC(=O)O)C1. The fourth-order valence-corrected chi connectivity index (χ4v) is 2.39. The van der Waals surface area contributed by atoms with Crippen molar-refractivity contribution in [2.24, 2.45) is 0 Å². The number of nitrogens with zero attached hydrogens (tertiary/aromatic N) is 1. The predicted molar refractivity (Wildman–Crippen MR) is 74.4 cm³/mol. The number of hydrogen-bond acceptors (Lipinski definition) is 5. The van der Waals surface area contributed by atoms with Gasteiger partial charge in [0, 0.05) is 26.2 Å². The molecule has 122 valence electrons. The van der Waals surface area contributed by atoms with Crippen molar-refractivity contribution in [2.75, 3.05) is 39.0 Å². The summed E-state index contributed by atoms with van der Waals surface area (Å²) in [6.45, 7) is 1.54. The Morgan fingerprint density at radius 2 is 2.10 bits per heavy atom. The zero-order valence-corrected chi connectivity index (χ0v) is 12.7. The van der Waals surface area contributed by atoms with E-state index < -0.39 is 22.1 Å². The summed E-state index contributed by atoms with van der Waals surface area (Å²) in [5.41, 5.74) is 0. The summed E-state index contributed by atoms with van der Waals surface area (Å²) < 4.78 is 29.3. The van der Waals surface area contributed by atoms with E-state index in [0.29, 0.717) is 26.1 Å². The molecule has 0 aromatic carbocycles. The van der Waals surface area contributed by atoms with E-state index >= 15 is 0 Å². The van der Waals surface area contributed by atoms with E-state index in [-0.39, 0.29) is 25.5 Å². The van der Waals surface area contributed by atoms with E-state index in [1.807, 2.05) is 0 Å². The van der Waals surface area contributed by atoms with Crippen LogP contribution in [-0.4, -0.2) is 75.6 Å². The minimum Gasteiger partial charge on any atom is -0.481 e. The van der Waals surface area contributed by atoms with Crippen molar-refractivity contribution in [1.82, 2.24) is 14.9 Å². The predicted octanol–water partition coefficient (Wildman–Crippen LogP) is -1.19. The highest BCUT2D eigenvalue weighted by Gasteiger charge is 2.25. The lowest BCUT2D eigenvalue weighted by molar-refractivity contribution is -0.141. The van der Waals surface area contributed by atoms with Crippen LogP contribution in [-0.2, 0) is 19.6 Å². The molecule has 2 amide bonds. The summed E-state index contributed by atoms with van der Waals surface area (Å²) in [7, 11) is -3.21. The van der Waals surface area contributed by atoms with Crippen molar-refractivity contribution in [2.45, 2.75) is 18.9 Å². The van der Waals surface area contributed by atoms with Gasteiger partial charge in [-0.1, -0.05) is 0 Å². The summed E-state index contributed by atoms with van der Waals surface area (Å²) >= 11 is 0. The molecule has 0 bridgehead atoms. The number of aliphatic carboxylic acids is 1. The second-order valence-corrected chi connectivity index (χ2v) is 6.62. The zero-order chi connectivity index (χ0) is 15.9. The first-order valence-electron chi connectivity index (χ1n) is 6.59. The van der Waals surface area contributed by atoms with Crippen LogP contribution >= 0.6 is 0 Å². The van der Waals surface area contributed by atoms with Gasteiger partial charge in [-0.25, -0.2) is 17.9 Å². The quantitative estimate of drug-likeness (QED) is 0.506. The molecule has 10 heteroatoms. The normalized spacial score (nSPS) is 19.3. The van der Waals surface area contributed by atoms with Gasteiger partial charge >= 0.3 is 12.0 Å². The highest BCUT2D eigenvalue weighted by molar-refractivity contribution is 7.88. The molecule has 1 rings (SSSR count). The number of morpholine rings is 1. The van der Waals surface area contributed by atoms with Crippen molar-refractivity contribution in [3.8, 4) is 0 Å². The lowest BCUT2D eigenvalue weighted by Gasteiger charge is -2.32. The Morgan fingerprint density at radius 3 is 2.71 bits per heavy atom. The first kappa shape index (κ1) is 17.7. The van der Waals surface area contributed by atoms with Gasteiger partial charge in [-0.15, -0.1) is 0 Å². The van der Waals surface area contributed by atoms with Crippen LogP contribution in [0.25, 0.3) is 0 Å². The minimum absolute atomic E-state index is 0.137. The molecule has 3 N–H and O–H groups in total. The van der Waals surface area contributed by atoms with Crippen LogP contribution in [0.4, 0.5) is 4.79 Å². The molecule has 1 unspecified atom stereocenters. The molecule has 9 nitrogen and oxygen atoms in total. The van der Waals surface area contributed by atoms with Crippen molar-refractivity contribution in [3.63, 3.8) is 0 Å². The molecule has 21 heavy (non-hydrogen) atoms. The van der Waals surface area contributed by atoms with Gasteiger partial charge in [-0.3, -0.25) is 4.79 Å². The highest BCUT2D eigenvalue weighted by atomic mass is 32.2. The van der Waals surface area contributed by atoms with Gasteiger partial charge in [-0.05, 0) is 6.42 Å². The molecule has 0 aromatic rings. The number of hydrogen-bond donors (Lipinski definition) is 3. The first-order chi connectivity index (χ1) is 9.78. The van der Waals surface area contributed by atoms with Crippen molar-refractivity contribution in [3.05, 3.63) is 0 Å². The number of carboxylic acids is 1. The maximum absolute atomic E-state index is 11.9. The average molecular weight is 323 g/mol. The second-order valence-electron chi connectivity index (χ2n) is 4.79. The van der Waals surface area contributed by atoms with E-state index in [0.717, 1.165) is 6.26 Å². The first-order valence-corrected chi connectivity index (χ1v) is 8.48. The number of carbonyl (C=O) groups excluding carboxylic acids is 1. The van der Waals surface area contributed by atoms with Crippen molar-refractivity contribution in [1.29, 1.82) is 0 Å². The molecule has 1 aliphatic heterocycles. The third-order valence-electron chi connectivity index (χ3n) is 2.82. The van der Waals surface area contributed by atoms with E-state index in [1.54, 1.807) is 0 Å². The summed E-state index contributed by atoms with van der Waals surface area (Å²) in [6, 6.07) is -0.298. The van der Waals surface area contributed by atoms with Crippen LogP contribution in [0.3, 0.4) is 0 Å². The molecule has 1 fully saturated rings. The van der Waals surface area contributed by atoms with Crippen LogP contribution < -0.4 is 10.0 Å². The number of carboxylic acid groups (broad SMARTS) is 1. The highest BCUT2D eigenvalue weighted by Crippen LogP contribution is 2.08. The molecule has 0 radical (unpaired) electrons. The molecular formula is C11H21N3O6S. The average Bonchev–Trinajstić information content (AvgIpc) is 2.36. The monoisotopic (exact) mass is 323 g/mol. The Kier molecular flexibility index (Phi) is 6.85. The van der Waals surface area contributed by atoms with Gasteiger partial charge in [0.15, 0.2) is 0 Å². The van der Waals surface area contributed by atoms with Crippen LogP contribution in [0, 0.1) is 0 Å². The van der Waals surface area contributed by atoms with Gasteiger partial charge in [0.1, 0.15) is 0 Å². The third-order valence-corrected chi connectivity index (χ3v) is 3.55. The molecule has 1 atom stereocenters. The summed E-state index contributed by atoms with van der Waals surface area (Å²) in [5, 5.41) is 11.4. The van der Waals surface area contributed by atoms with Crippen LogP contribution in [0.15, 0.2) is 0 Å². The van der Waals surface area contributed by atoms with Gasteiger partial charge in [0.2, 0.25) is 10.0 Å². The molecule has 1 heterocycles. The number of amides is 2. The maximum Gasteiger partial charge on any atom is 0.317 e. The summed E-state index contributed by atoms with van der Waals surface area (Å²) in [6.07, 6.45) is 0.917. The van der Waals surface area contributed by atoms with Crippen LogP contribution in [0.5, 0.6) is 0 Å². The molecule has 1 aliphatic rings. The molecule has 0 aromatic heterocycles. The second kappa shape index (κ2) is 8.15. The molecule has 0 aliphatic carbocycles. The minimum atomic E-state index is -3.21. The van der Waals surface area contributed by atoms with Crippen molar-refractivity contribution < 1.29 is 27.9 Å². The topological polar surface area (TPSA) is 125 Å². The number of urea groups is 1. The number of sulfonamides is 1. The Labute approximate surface area is 123 Å². The standard InChI is InChI=1S/C11H21N3O6S/c1-21(18,19)13-4-2-3-12-11(17)14-5-6-20-9(8-14)7-10(15)16/h9,13H,2-8H2,1H3,(H,12,17)(H,15,16). The van der Waals surface area contributed by atoms with E-state index in [4.69, 9.17) is 9.84 Å². The van der Waals surface area contributed by atoms with Gasteiger partial charge in [-0.2, -0.15) is 0 Å². The van der Waals surface area contributed by atoms with Gasteiger partial charge in [0.05, 0.1) is 25.4 Å². The van der Waals surface area contributed by atoms with Crippen LogP contribution in [0.1, 0.15) is 12.8 Å². The molecule has 1 saturated heterocycles. The lowest BCUT2D eigenvalue weighted by atomic mass is 10.2. The Balaban J connectivity index is 2.23. The summed E-state index contributed by atoms with van der Waals surface area (Å²) in [5.74, 6) is -0.964. The Bertz CT molecular complexity index is 467. The number of carbonyl (C=O) groups is 2. The van der Waals surface area contributed by atoms with E-state index in [2.05, 4.69) is 10.0 Å². The molecule has 0 saturated carbocycles. The molecule has 0 spiro atoms. The fraction of sp³-hybridized carbons (Fsp3) is 0.818. The van der Waals surface area contributed by atoms with E-state index in [9.17, 15) is 18.0 Å². The maximum atomic E-state index is 11.9. The number of rotatable bonds is 7. The van der Waals surface area contributed by atoms with Crippen LogP contribution in [0.2, 0.25) is 0 Å². The Hall–Kier alpha value is -1.39. The van der Waals surface area contributed by atoms with Gasteiger partial charge < -0.3 is 20.1 Å². The fourth-order valence-electron chi connectivity index (χ4n) is 1.88. The number of ether oxygens (including phenoxy) is 1. The van der Waals surface area contributed by atoms with Gasteiger partial charge in [0.25, 0.3) is 0 Å². The largest absolute Gasteiger partial charge is 0.481 e. The summed E-state index contributed by atoms with van der Waals surface area (Å²) in [4.78, 5) is 24.0. The Morgan fingerprint density at radius 1 is 1.38 bits per heavy atom. The zero-order valence-electron chi connectivity index (χ0n) is 11.9. The molecular weight excluding hydrogens is 302 g/mol. The third kappa shape index (κ3) is 7.83. The smallest absolute Gasteiger partial charge is 0.317 e. The lowest BCUT2D eigenvalue weighted by Crippen LogP contribution is -2.50. The van der Waals surface area contributed by atoms with E-state index in [1.165, 1.54) is 4.90 Å². The van der Waals surface area contributed by atoms with Crippen molar-refractivity contribution >= 4 is 22.0 Å².